The number of nitrogens with zero attached hydrogens (tertiary/aromatic N) is 2. The van der Waals surface area contributed by atoms with Crippen molar-refractivity contribution in [3.05, 3.63) is 53.6 Å². The highest BCUT2D eigenvalue weighted by molar-refractivity contribution is 7.99. The molecule has 2 aromatic carbocycles. The van der Waals surface area contributed by atoms with Crippen LogP contribution in [0.25, 0.3) is 0 Å². The Hall–Kier alpha value is -2.71. The Morgan fingerprint density at radius 3 is 2.37 bits per heavy atom. The van der Waals surface area contributed by atoms with Crippen molar-refractivity contribution in [2.75, 3.05) is 37.6 Å². The predicted molar refractivity (Wildman–Crippen MR) is 151 cm³/mol. The number of anilines is 1. The topological polar surface area (TPSA) is 85.1 Å². The number of para-hydroxylation sites is 1. The normalized spacial score (nSPS) is 18.1. The van der Waals surface area contributed by atoms with Gasteiger partial charge in [0.1, 0.15) is 0 Å². The molecule has 0 spiro atoms. The van der Waals surface area contributed by atoms with Crippen LogP contribution < -0.4 is 10.6 Å². The van der Waals surface area contributed by atoms with Gasteiger partial charge in [-0.1, -0.05) is 60.9 Å². The van der Waals surface area contributed by atoms with Gasteiger partial charge in [0.2, 0.25) is 6.29 Å². The zero-order valence-electron chi connectivity index (χ0n) is 22.9. The molecule has 4 rings (SSSR count). The fourth-order valence-corrected chi connectivity index (χ4v) is 6.54. The van der Waals surface area contributed by atoms with E-state index in [0.717, 1.165) is 25.7 Å². The summed E-state index contributed by atoms with van der Waals surface area (Å²) < 4.78 is 10.9. The van der Waals surface area contributed by atoms with Crippen LogP contribution in [0.2, 0.25) is 0 Å². The van der Waals surface area contributed by atoms with Gasteiger partial charge in [-0.3, -0.25) is 4.79 Å². The number of amides is 1. The third kappa shape index (κ3) is 7.23. The van der Waals surface area contributed by atoms with Gasteiger partial charge in [-0.05, 0) is 62.4 Å². The van der Waals surface area contributed by atoms with Gasteiger partial charge in [0.05, 0.1) is 12.1 Å². The third-order valence-corrected chi connectivity index (χ3v) is 8.97. The Bertz CT molecular complexity index is 1110. The van der Waals surface area contributed by atoms with E-state index in [0.29, 0.717) is 32.7 Å². The van der Waals surface area contributed by atoms with Crippen LogP contribution in [-0.2, 0) is 14.3 Å². The molecule has 38 heavy (non-hydrogen) atoms. The number of hydrogen-bond acceptors (Lipinski definition) is 7. The lowest BCUT2D eigenvalue weighted by molar-refractivity contribution is -0.169. The molecule has 1 saturated carbocycles. The van der Waals surface area contributed by atoms with Gasteiger partial charge in [-0.2, -0.15) is 0 Å². The Morgan fingerprint density at radius 1 is 0.974 bits per heavy atom. The lowest BCUT2D eigenvalue weighted by Gasteiger charge is -2.37. The molecule has 206 valence electrons. The first kappa shape index (κ1) is 28.3. The van der Waals surface area contributed by atoms with Gasteiger partial charge in [-0.25, -0.2) is 4.79 Å². The van der Waals surface area contributed by atoms with Crippen LogP contribution >= 0.6 is 11.8 Å². The van der Waals surface area contributed by atoms with Crippen LogP contribution in [-0.4, -0.2) is 56.0 Å². The van der Waals surface area contributed by atoms with Gasteiger partial charge >= 0.3 is 12.1 Å². The molecule has 0 aromatic heterocycles. The minimum atomic E-state index is -0.929. The van der Waals surface area contributed by atoms with Crippen LogP contribution in [0.1, 0.15) is 56.6 Å². The lowest BCUT2D eigenvalue weighted by atomic mass is 9.72. The predicted octanol–water partition coefficient (Wildman–Crippen LogP) is 5.90. The minimum Gasteiger partial charge on any atom is -0.425 e. The highest BCUT2D eigenvalue weighted by Crippen LogP contribution is 2.39. The average molecular weight is 540 g/mol. The van der Waals surface area contributed by atoms with Crippen molar-refractivity contribution in [1.82, 2.24) is 4.90 Å². The fraction of sp³-hybridized carbons (Fsp3) is 0.533. The van der Waals surface area contributed by atoms with Crippen LogP contribution in [0.3, 0.4) is 0 Å². The Balaban J connectivity index is 1.28. The smallest absolute Gasteiger partial charge is 0.412 e. The Morgan fingerprint density at radius 2 is 1.68 bits per heavy atom. The number of esters is 1. The van der Waals surface area contributed by atoms with E-state index in [1.165, 1.54) is 33.0 Å². The molecule has 1 heterocycles. The first-order valence-corrected chi connectivity index (χ1v) is 14.5. The van der Waals surface area contributed by atoms with Crippen molar-refractivity contribution in [1.29, 1.82) is 0 Å². The first-order chi connectivity index (χ1) is 18.3. The molecule has 2 N–H and O–H groups in total. The van der Waals surface area contributed by atoms with Crippen LogP contribution in [0.4, 0.5) is 10.5 Å². The monoisotopic (exact) mass is 539 g/mol. The second-order valence-electron chi connectivity index (χ2n) is 10.7. The van der Waals surface area contributed by atoms with Gasteiger partial charge in [0.25, 0.3) is 0 Å². The number of carbonyl (C=O) groups excluding carboxylic acids is 2. The number of nitrogens with two attached hydrogens (primary N) is 1. The van der Waals surface area contributed by atoms with E-state index in [1.807, 2.05) is 0 Å². The fourth-order valence-electron chi connectivity index (χ4n) is 5.50. The van der Waals surface area contributed by atoms with E-state index in [4.69, 9.17) is 15.2 Å². The van der Waals surface area contributed by atoms with Gasteiger partial charge in [0, 0.05) is 42.9 Å². The summed E-state index contributed by atoms with van der Waals surface area (Å²) in [7, 11) is 0. The van der Waals surface area contributed by atoms with Crippen molar-refractivity contribution >= 4 is 29.5 Å². The summed E-state index contributed by atoms with van der Waals surface area (Å²) in [4.78, 5) is 31.8. The largest absolute Gasteiger partial charge is 0.425 e. The van der Waals surface area contributed by atoms with Gasteiger partial charge in [0.15, 0.2) is 0 Å². The first-order valence-electron chi connectivity index (χ1n) is 13.7. The van der Waals surface area contributed by atoms with Crippen LogP contribution in [0.5, 0.6) is 0 Å². The molecule has 2 aliphatic rings. The summed E-state index contributed by atoms with van der Waals surface area (Å²) in [5.74, 6) is -0.347. The highest BCUT2D eigenvalue weighted by atomic mass is 32.2. The summed E-state index contributed by atoms with van der Waals surface area (Å²) in [6.45, 7) is 8.82. The number of carbonyl (C=O) groups is 2. The number of ether oxygens (including phenoxy) is 2. The van der Waals surface area contributed by atoms with Crippen LogP contribution in [0, 0.1) is 19.3 Å². The molecule has 2 fully saturated rings. The number of aryl methyl sites for hydroxylation is 2. The third-order valence-electron chi connectivity index (χ3n) is 7.72. The molecule has 0 bridgehead atoms. The second-order valence-corrected chi connectivity index (χ2v) is 11.8. The molecule has 1 atom stereocenters. The van der Waals surface area contributed by atoms with Crippen molar-refractivity contribution in [2.45, 2.75) is 75.4 Å². The SMILES string of the molecule is Cc1ccc(Sc2ccccc2N2CCN(C(=O)OC(C)OC(=O)CC3(CN)CCCCC3)CC2)c(C)c1. The summed E-state index contributed by atoms with van der Waals surface area (Å²) >= 11 is 1.77. The average Bonchev–Trinajstić information content (AvgIpc) is 2.91. The quantitative estimate of drug-likeness (QED) is 0.330. The molecule has 2 aromatic rings. The molecule has 1 saturated heterocycles. The Labute approximate surface area is 231 Å². The zero-order valence-corrected chi connectivity index (χ0v) is 23.7. The van der Waals surface area contributed by atoms with E-state index in [-0.39, 0.29) is 17.8 Å². The lowest BCUT2D eigenvalue weighted by Crippen LogP contribution is -2.49. The number of rotatable bonds is 8. The van der Waals surface area contributed by atoms with Gasteiger partial charge in [-0.15, -0.1) is 0 Å². The number of hydrogen-bond donors (Lipinski definition) is 1. The molecule has 1 aliphatic carbocycles. The zero-order chi connectivity index (χ0) is 27.1. The van der Waals surface area contributed by atoms with E-state index in [2.05, 4.69) is 61.2 Å². The standard InChI is InChI=1S/C30H41N3O4S/c1-22-11-12-26(23(2)19-22)38-27-10-6-5-9-25(27)32-15-17-33(18-16-32)29(35)37-24(3)36-28(34)20-30(21-31)13-7-4-8-14-30/h5-6,9-12,19,24H,4,7-8,13-18,20-21,31H2,1-3H3. The molecule has 8 heteroatoms. The summed E-state index contributed by atoms with van der Waals surface area (Å²) in [6.07, 6.45) is 4.17. The molecule has 1 amide bonds. The molecule has 1 aliphatic heterocycles. The molecular formula is C30H41N3O4S. The molecule has 7 nitrogen and oxygen atoms in total. The van der Waals surface area contributed by atoms with Crippen LogP contribution in [0.15, 0.2) is 52.3 Å². The van der Waals surface area contributed by atoms with E-state index < -0.39 is 12.4 Å². The summed E-state index contributed by atoms with van der Waals surface area (Å²) in [5.41, 5.74) is 9.52. The van der Waals surface area contributed by atoms with E-state index in [1.54, 1.807) is 23.6 Å². The molecule has 1 unspecified atom stereocenters. The maximum atomic E-state index is 12.8. The van der Waals surface area contributed by atoms with Gasteiger partial charge < -0.3 is 25.0 Å². The second kappa shape index (κ2) is 12.9. The van der Waals surface area contributed by atoms with Crippen molar-refractivity contribution < 1.29 is 19.1 Å². The Kier molecular flexibility index (Phi) is 9.60. The van der Waals surface area contributed by atoms with Crippen molar-refractivity contribution in [3.63, 3.8) is 0 Å². The maximum absolute atomic E-state index is 12.8. The highest BCUT2D eigenvalue weighted by Gasteiger charge is 2.34. The van der Waals surface area contributed by atoms with E-state index >= 15 is 0 Å². The number of piperazine rings is 1. The summed E-state index contributed by atoms with van der Waals surface area (Å²) in [6, 6.07) is 14.9. The molecule has 0 radical (unpaired) electrons. The number of benzene rings is 2. The van der Waals surface area contributed by atoms with E-state index in [9.17, 15) is 9.59 Å². The minimum absolute atomic E-state index is 0.178. The van der Waals surface area contributed by atoms with Crippen molar-refractivity contribution in [3.8, 4) is 0 Å². The summed E-state index contributed by atoms with van der Waals surface area (Å²) in [5, 5.41) is 0. The maximum Gasteiger partial charge on any atom is 0.412 e. The van der Waals surface area contributed by atoms with Crippen molar-refractivity contribution in [2.24, 2.45) is 11.1 Å². The molecular weight excluding hydrogens is 498 g/mol.